The summed E-state index contributed by atoms with van der Waals surface area (Å²) in [5.74, 6) is 0.784. The molecule has 0 bridgehead atoms. The van der Waals surface area contributed by atoms with Crippen molar-refractivity contribution in [2.45, 2.75) is 6.54 Å². The van der Waals surface area contributed by atoms with Gasteiger partial charge in [-0.15, -0.1) is 11.3 Å². The van der Waals surface area contributed by atoms with E-state index in [2.05, 4.69) is 32.7 Å². The molecule has 2 aromatic rings. The number of ether oxygens (including phenoxy) is 1. The van der Waals surface area contributed by atoms with Crippen molar-refractivity contribution in [2.75, 3.05) is 31.6 Å². The van der Waals surface area contributed by atoms with E-state index in [0.29, 0.717) is 18.4 Å². The predicted octanol–water partition coefficient (Wildman–Crippen LogP) is 2.48. The minimum atomic E-state index is -0.0858. The Bertz CT molecular complexity index is 677. The summed E-state index contributed by atoms with van der Waals surface area (Å²) in [5.41, 5.74) is 0.748. The Morgan fingerprint density at radius 2 is 2.29 bits per heavy atom. The van der Waals surface area contributed by atoms with Crippen molar-refractivity contribution in [1.29, 1.82) is 0 Å². The number of amides is 1. The van der Waals surface area contributed by atoms with Gasteiger partial charge in [-0.3, -0.25) is 14.7 Å². The topological polar surface area (TPSA) is 54.5 Å². The molecule has 0 aliphatic carbocycles. The van der Waals surface area contributed by atoms with Gasteiger partial charge in [0.25, 0.3) is 0 Å². The third kappa shape index (κ3) is 3.36. The fraction of sp³-hybridized carbons (Fsp3) is 0.444. The number of thiophene rings is 1. The lowest BCUT2D eigenvalue weighted by Gasteiger charge is -2.32. The minimum Gasteiger partial charge on any atom is -0.380 e. The normalized spacial score (nSPS) is 26.9. The fourth-order valence-corrected chi connectivity index (χ4v) is 4.53. The lowest BCUT2D eigenvalue weighted by Crippen LogP contribution is -2.41. The standard InChI is InChI=1S/C18H21N3O2S/c22-18(20-14-3-1-5-19-7-14)17-12-23-11-13-8-21(10-16(13)17)9-15-4-2-6-24-15/h1-7,13,16-17H,8-12H2,(H,20,22)/t13-,16-,17+/m1/s1. The molecule has 2 fully saturated rings. The summed E-state index contributed by atoms with van der Waals surface area (Å²) in [6.07, 6.45) is 3.38. The summed E-state index contributed by atoms with van der Waals surface area (Å²) in [4.78, 5) is 20.6. The zero-order valence-electron chi connectivity index (χ0n) is 13.4. The Hall–Kier alpha value is -1.76. The van der Waals surface area contributed by atoms with E-state index < -0.39 is 0 Å². The molecule has 3 atom stereocenters. The van der Waals surface area contributed by atoms with Gasteiger partial charge in [0.15, 0.2) is 0 Å². The first-order valence-electron chi connectivity index (χ1n) is 8.33. The Balaban J connectivity index is 1.42. The van der Waals surface area contributed by atoms with Crippen molar-refractivity contribution in [3.05, 3.63) is 46.9 Å². The van der Waals surface area contributed by atoms with Crippen LogP contribution in [0, 0.1) is 17.8 Å². The third-order valence-corrected chi connectivity index (χ3v) is 5.80. The molecular weight excluding hydrogens is 322 g/mol. The molecule has 1 amide bonds. The van der Waals surface area contributed by atoms with Crippen molar-refractivity contribution in [3.63, 3.8) is 0 Å². The minimum absolute atomic E-state index is 0.0515. The van der Waals surface area contributed by atoms with Crippen LogP contribution in [0.5, 0.6) is 0 Å². The van der Waals surface area contributed by atoms with Crippen molar-refractivity contribution in [1.82, 2.24) is 9.88 Å². The van der Waals surface area contributed by atoms with Crippen LogP contribution in [0.2, 0.25) is 0 Å². The third-order valence-electron chi connectivity index (χ3n) is 4.94. The molecule has 5 nitrogen and oxygen atoms in total. The van der Waals surface area contributed by atoms with Crippen LogP contribution in [-0.2, 0) is 16.1 Å². The number of carbonyl (C=O) groups excluding carboxylic acids is 1. The number of hydrogen-bond acceptors (Lipinski definition) is 5. The quantitative estimate of drug-likeness (QED) is 0.927. The van der Waals surface area contributed by atoms with Gasteiger partial charge < -0.3 is 10.1 Å². The molecule has 1 N–H and O–H groups in total. The van der Waals surface area contributed by atoms with E-state index in [9.17, 15) is 4.79 Å². The molecular formula is C18H21N3O2S. The van der Waals surface area contributed by atoms with Crippen molar-refractivity contribution < 1.29 is 9.53 Å². The number of hydrogen-bond donors (Lipinski definition) is 1. The maximum absolute atomic E-state index is 12.7. The number of aromatic nitrogens is 1. The molecule has 6 heteroatoms. The lowest BCUT2D eigenvalue weighted by molar-refractivity contribution is -0.128. The van der Waals surface area contributed by atoms with Gasteiger partial charge in [0.2, 0.25) is 5.91 Å². The zero-order valence-corrected chi connectivity index (χ0v) is 14.2. The second-order valence-corrected chi connectivity index (χ2v) is 7.60. The van der Waals surface area contributed by atoms with Gasteiger partial charge in [-0.1, -0.05) is 6.07 Å². The smallest absolute Gasteiger partial charge is 0.230 e. The highest BCUT2D eigenvalue weighted by molar-refractivity contribution is 7.09. The number of fused-ring (bicyclic) bond motifs is 1. The van der Waals surface area contributed by atoms with Crippen LogP contribution >= 0.6 is 11.3 Å². The molecule has 0 radical (unpaired) electrons. The predicted molar refractivity (Wildman–Crippen MR) is 93.8 cm³/mol. The summed E-state index contributed by atoms with van der Waals surface area (Å²) in [7, 11) is 0. The number of likely N-dealkylation sites (tertiary alicyclic amines) is 1. The zero-order chi connectivity index (χ0) is 16.4. The van der Waals surface area contributed by atoms with Crippen LogP contribution in [-0.4, -0.2) is 42.1 Å². The number of nitrogens with one attached hydrogen (secondary N) is 1. The number of anilines is 1. The van der Waals surface area contributed by atoms with Gasteiger partial charge in [0.1, 0.15) is 0 Å². The number of nitrogens with zero attached hydrogens (tertiary/aromatic N) is 2. The molecule has 0 spiro atoms. The molecule has 2 aliphatic rings. The van der Waals surface area contributed by atoms with Crippen LogP contribution in [0.15, 0.2) is 42.0 Å². The van der Waals surface area contributed by atoms with E-state index in [4.69, 9.17) is 4.74 Å². The molecule has 0 saturated carbocycles. The van der Waals surface area contributed by atoms with Gasteiger partial charge in [0.05, 0.1) is 31.0 Å². The van der Waals surface area contributed by atoms with E-state index in [1.165, 1.54) is 4.88 Å². The van der Waals surface area contributed by atoms with Crippen LogP contribution < -0.4 is 5.32 Å². The molecule has 4 rings (SSSR count). The molecule has 0 aromatic carbocycles. The average Bonchev–Trinajstić information content (AvgIpc) is 3.24. The first kappa shape index (κ1) is 15.7. The monoisotopic (exact) mass is 343 g/mol. The SMILES string of the molecule is O=C(Nc1cccnc1)[C@H]1COC[C@H]2CN(Cc3cccs3)C[C@H]21. The van der Waals surface area contributed by atoms with Crippen LogP contribution in [0.1, 0.15) is 4.88 Å². The van der Waals surface area contributed by atoms with E-state index >= 15 is 0 Å². The Morgan fingerprint density at radius 1 is 1.33 bits per heavy atom. The molecule has 0 unspecified atom stereocenters. The average molecular weight is 343 g/mol. The maximum atomic E-state index is 12.7. The molecule has 2 saturated heterocycles. The summed E-state index contributed by atoms with van der Waals surface area (Å²) in [5, 5.41) is 5.10. The lowest BCUT2D eigenvalue weighted by atomic mass is 9.82. The molecule has 126 valence electrons. The highest BCUT2D eigenvalue weighted by Gasteiger charge is 2.43. The van der Waals surface area contributed by atoms with Crippen LogP contribution in [0.3, 0.4) is 0 Å². The van der Waals surface area contributed by atoms with E-state index in [1.54, 1.807) is 23.7 Å². The van der Waals surface area contributed by atoms with Gasteiger partial charge >= 0.3 is 0 Å². The van der Waals surface area contributed by atoms with E-state index in [1.807, 2.05) is 12.1 Å². The van der Waals surface area contributed by atoms with Crippen molar-refractivity contribution >= 4 is 22.9 Å². The number of pyridine rings is 1. The molecule has 2 aromatic heterocycles. The molecule has 4 heterocycles. The summed E-state index contributed by atoms with van der Waals surface area (Å²) in [6.45, 7) is 4.24. The second-order valence-electron chi connectivity index (χ2n) is 6.57. The largest absolute Gasteiger partial charge is 0.380 e. The van der Waals surface area contributed by atoms with Crippen LogP contribution in [0.25, 0.3) is 0 Å². The highest BCUT2D eigenvalue weighted by atomic mass is 32.1. The molecule has 2 aliphatic heterocycles. The van der Waals surface area contributed by atoms with Gasteiger partial charge in [-0.05, 0) is 35.4 Å². The Labute approximate surface area is 145 Å². The summed E-state index contributed by atoms with van der Waals surface area (Å²) >= 11 is 1.79. The fourth-order valence-electron chi connectivity index (χ4n) is 3.78. The second kappa shape index (κ2) is 7.01. The van der Waals surface area contributed by atoms with Crippen molar-refractivity contribution in [3.8, 4) is 0 Å². The van der Waals surface area contributed by atoms with E-state index in [-0.39, 0.29) is 11.8 Å². The van der Waals surface area contributed by atoms with E-state index in [0.717, 1.165) is 31.9 Å². The first-order valence-corrected chi connectivity index (χ1v) is 9.21. The summed E-state index contributed by atoms with van der Waals surface area (Å²) in [6, 6.07) is 7.96. The van der Waals surface area contributed by atoms with Crippen molar-refractivity contribution in [2.24, 2.45) is 17.8 Å². The number of carbonyl (C=O) groups is 1. The highest BCUT2D eigenvalue weighted by Crippen LogP contribution is 2.35. The Kier molecular flexibility index (Phi) is 4.60. The van der Waals surface area contributed by atoms with Gasteiger partial charge in [0, 0.05) is 30.7 Å². The first-order chi connectivity index (χ1) is 11.8. The Morgan fingerprint density at radius 3 is 3.08 bits per heavy atom. The van der Waals surface area contributed by atoms with Crippen LogP contribution in [0.4, 0.5) is 5.69 Å². The van der Waals surface area contributed by atoms with Gasteiger partial charge in [-0.2, -0.15) is 0 Å². The summed E-state index contributed by atoms with van der Waals surface area (Å²) < 4.78 is 5.74. The maximum Gasteiger partial charge on any atom is 0.230 e. The van der Waals surface area contributed by atoms with Gasteiger partial charge in [-0.25, -0.2) is 0 Å². The molecule has 24 heavy (non-hydrogen) atoms. The number of rotatable bonds is 4.